The van der Waals surface area contributed by atoms with Crippen molar-refractivity contribution in [1.29, 1.82) is 0 Å². The van der Waals surface area contributed by atoms with Crippen molar-refractivity contribution in [2.75, 3.05) is 10.8 Å². The molecule has 7 heteroatoms. The lowest BCUT2D eigenvalue weighted by Crippen LogP contribution is -2.51. The minimum atomic E-state index is -3.88. The number of rotatable bonds is 5. The van der Waals surface area contributed by atoms with E-state index in [0.717, 1.165) is 24.0 Å². The van der Waals surface area contributed by atoms with Crippen molar-refractivity contribution in [3.63, 3.8) is 0 Å². The van der Waals surface area contributed by atoms with Crippen LogP contribution in [0.1, 0.15) is 48.1 Å². The smallest absolute Gasteiger partial charge is 0.264 e. The third-order valence-electron chi connectivity index (χ3n) is 6.84. The van der Waals surface area contributed by atoms with Crippen molar-refractivity contribution in [2.45, 2.75) is 56.6 Å². The lowest BCUT2D eigenvalue weighted by Gasteiger charge is -2.35. The van der Waals surface area contributed by atoms with E-state index in [4.69, 9.17) is 4.74 Å². The van der Waals surface area contributed by atoms with Crippen molar-refractivity contribution in [3.05, 3.63) is 89.0 Å². The Hall–Kier alpha value is -3.32. The van der Waals surface area contributed by atoms with E-state index in [1.807, 2.05) is 19.9 Å². The fraction of sp³-hybridized carbons (Fsp3) is 0.321. The van der Waals surface area contributed by atoms with Crippen LogP contribution < -0.4 is 14.4 Å². The van der Waals surface area contributed by atoms with E-state index >= 15 is 0 Å². The minimum Gasteiger partial charge on any atom is -0.476 e. The summed E-state index contributed by atoms with van der Waals surface area (Å²) in [6.45, 7) is 3.74. The maximum Gasteiger partial charge on any atom is 0.264 e. The number of hydrogen-bond donors (Lipinski definition) is 1. The van der Waals surface area contributed by atoms with E-state index in [9.17, 15) is 13.2 Å². The van der Waals surface area contributed by atoms with E-state index in [1.165, 1.54) is 28.3 Å². The van der Waals surface area contributed by atoms with Crippen molar-refractivity contribution in [2.24, 2.45) is 0 Å². The number of aryl methyl sites for hydroxylation is 3. The Kier molecular flexibility index (Phi) is 6.28. The molecule has 1 heterocycles. The Balaban J connectivity index is 1.40. The summed E-state index contributed by atoms with van der Waals surface area (Å²) in [5, 5.41) is 3.04. The van der Waals surface area contributed by atoms with Crippen molar-refractivity contribution >= 4 is 21.6 Å². The second-order valence-electron chi connectivity index (χ2n) is 9.39. The van der Waals surface area contributed by atoms with Gasteiger partial charge in [-0.1, -0.05) is 42.5 Å². The monoisotopic (exact) mass is 490 g/mol. The van der Waals surface area contributed by atoms with Crippen LogP contribution in [-0.2, 0) is 27.7 Å². The number of hydrogen-bond acceptors (Lipinski definition) is 4. The number of nitrogens with one attached hydrogen (secondary N) is 1. The van der Waals surface area contributed by atoms with Crippen LogP contribution in [0.3, 0.4) is 0 Å². The highest BCUT2D eigenvalue weighted by atomic mass is 32.2. The molecule has 1 amide bonds. The highest BCUT2D eigenvalue weighted by Gasteiger charge is 2.38. The zero-order chi connectivity index (χ0) is 24.6. The van der Waals surface area contributed by atoms with Gasteiger partial charge < -0.3 is 10.1 Å². The molecule has 3 aromatic carbocycles. The fourth-order valence-corrected chi connectivity index (χ4v) is 6.35. The average molecular weight is 491 g/mol. The Morgan fingerprint density at radius 3 is 2.51 bits per heavy atom. The lowest BCUT2D eigenvalue weighted by atomic mass is 9.89. The van der Waals surface area contributed by atoms with Crippen LogP contribution in [0, 0.1) is 6.92 Å². The number of nitrogens with zero attached hydrogens (tertiary/aromatic N) is 1. The van der Waals surface area contributed by atoms with Crippen molar-refractivity contribution in [1.82, 2.24) is 5.32 Å². The molecule has 182 valence electrons. The Morgan fingerprint density at radius 1 is 1.00 bits per heavy atom. The first-order valence-electron chi connectivity index (χ1n) is 12.1. The molecule has 1 N–H and O–H groups in total. The van der Waals surface area contributed by atoms with Gasteiger partial charge in [-0.2, -0.15) is 0 Å². The Labute approximate surface area is 207 Å². The zero-order valence-electron chi connectivity index (χ0n) is 20.0. The molecule has 0 spiro atoms. The first-order valence-corrected chi connectivity index (χ1v) is 13.5. The molecule has 0 bridgehead atoms. The van der Waals surface area contributed by atoms with Gasteiger partial charge in [-0.15, -0.1) is 0 Å². The van der Waals surface area contributed by atoms with Crippen LogP contribution in [-0.4, -0.2) is 27.0 Å². The molecular weight excluding hydrogens is 460 g/mol. The van der Waals surface area contributed by atoms with Gasteiger partial charge in [0.25, 0.3) is 15.9 Å². The SMILES string of the molecule is Cc1ccc2c(c1)N(S(=O)(=O)c1ccccc1)C[C@@H](C(=O)N[C@H](C)c1ccc3c(c1)CCCC3)O2. The molecule has 0 fully saturated rings. The van der Waals surface area contributed by atoms with Crippen LogP contribution in [0.2, 0.25) is 0 Å². The molecule has 0 unspecified atom stereocenters. The van der Waals surface area contributed by atoms with Crippen molar-refractivity contribution < 1.29 is 17.9 Å². The van der Waals surface area contributed by atoms with Gasteiger partial charge in [-0.05, 0) is 86.1 Å². The number of anilines is 1. The van der Waals surface area contributed by atoms with Crippen LogP contribution in [0.5, 0.6) is 5.75 Å². The van der Waals surface area contributed by atoms with Gasteiger partial charge in [0, 0.05) is 0 Å². The van der Waals surface area contributed by atoms with E-state index in [0.29, 0.717) is 11.4 Å². The predicted octanol–water partition coefficient (Wildman–Crippen LogP) is 4.71. The number of benzene rings is 3. The maximum absolute atomic E-state index is 13.5. The summed E-state index contributed by atoms with van der Waals surface area (Å²) in [6.07, 6.45) is 3.62. The van der Waals surface area contributed by atoms with E-state index < -0.39 is 16.1 Å². The second-order valence-corrected chi connectivity index (χ2v) is 11.3. The molecular formula is C28H30N2O4S. The van der Waals surface area contributed by atoms with E-state index in [2.05, 4.69) is 23.5 Å². The van der Waals surface area contributed by atoms with Crippen LogP contribution in [0.4, 0.5) is 5.69 Å². The molecule has 1 aliphatic carbocycles. The number of fused-ring (bicyclic) bond motifs is 2. The van der Waals surface area contributed by atoms with E-state index in [-0.39, 0.29) is 23.4 Å². The topological polar surface area (TPSA) is 75.7 Å². The van der Waals surface area contributed by atoms with Gasteiger partial charge in [0.2, 0.25) is 0 Å². The van der Waals surface area contributed by atoms with Gasteiger partial charge in [0.05, 0.1) is 23.2 Å². The molecule has 0 saturated heterocycles. The molecule has 1 aliphatic heterocycles. The van der Waals surface area contributed by atoms with Gasteiger partial charge in [-0.25, -0.2) is 8.42 Å². The molecule has 5 rings (SSSR count). The van der Waals surface area contributed by atoms with Crippen molar-refractivity contribution in [3.8, 4) is 5.75 Å². The quantitative estimate of drug-likeness (QED) is 0.562. The first-order chi connectivity index (χ1) is 16.8. The summed E-state index contributed by atoms with van der Waals surface area (Å²) in [6, 6.07) is 19.8. The summed E-state index contributed by atoms with van der Waals surface area (Å²) in [4.78, 5) is 13.5. The standard InChI is InChI=1S/C28H30N2O4S/c1-19-12-15-26-25(16-19)30(35(32,33)24-10-4-3-5-11-24)18-27(34-26)28(31)29-20(2)22-14-13-21-8-6-7-9-23(21)17-22/h3-5,10-17,20,27H,6-9,18H2,1-2H3,(H,29,31)/t20-,27+/m1/s1. The number of ether oxygens (including phenoxy) is 1. The summed E-state index contributed by atoms with van der Waals surface area (Å²) in [5.41, 5.74) is 5.14. The highest BCUT2D eigenvalue weighted by molar-refractivity contribution is 7.92. The predicted molar refractivity (Wildman–Crippen MR) is 136 cm³/mol. The minimum absolute atomic E-state index is 0.101. The number of carbonyl (C=O) groups is 1. The maximum atomic E-state index is 13.5. The summed E-state index contributed by atoms with van der Waals surface area (Å²) in [5.74, 6) is 0.0395. The third kappa shape index (κ3) is 4.65. The second kappa shape index (κ2) is 9.38. The Morgan fingerprint density at radius 2 is 1.74 bits per heavy atom. The number of sulfonamides is 1. The average Bonchev–Trinajstić information content (AvgIpc) is 2.88. The molecule has 0 aromatic heterocycles. The largest absolute Gasteiger partial charge is 0.476 e. The highest BCUT2D eigenvalue weighted by Crippen LogP contribution is 2.38. The fourth-order valence-electron chi connectivity index (χ4n) is 4.86. The number of amides is 1. The molecule has 2 aliphatic rings. The van der Waals surface area contributed by atoms with Gasteiger partial charge in [-0.3, -0.25) is 9.10 Å². The molecule has 3 aromatic rings. The normalized spacial score (nSPS) is 18.1. The summed E-state index contributed by atoms with van der Waals surface area (Å²) >= 11 is 0. The van der Waals surface area contributed by atoms with Crippen LogP contribution in [0.25, 0.3) is 0 Å². The molecule has 6 nitrogen and oxygen atoms in total. The Bertz CT molecular complexity index is 1350. The van der Waals surface area contributed by atoms with Gasteiger partial charge in [0.1, 0.15) is 5.75 Å². The molecule has 35 heavy (non-hydrogen) atoms. The van der Waals surface area contributed by atoms with Gasteiger partial charge in [0.15, 0.2) is 6.10 Å². The van der Waals surface area contributed by atoms with Crippen LogP contribution in [0.15, 0.2) is 71.6 Å². The molecule has 0 radical (unpaired) electrons. The zero-order valence-corrected chi connectivity index (χ0v) is 20.8. The van der Waals surface area contributed by atoms with Gasteiger partial charge >= 0.3 is 0 Å². The van der Waals surface area contributed by atoms with E-state index in [1.54, 1.807) is 42.5 Å². The third-order valence-corrected chi connectivity index (χ3v) is 8.63. The summed E-state index contributed by atoms with van der Waals surface area (Å²) in [7, 11) is -3.88. The molecule has 0 saturated carbocycles. The van der Waals surface area contributed by atoms with Crippen LogP contribution >= 0.6 is 0 Å². The summed E-state index contributed by atoms with van der Waals surface area (Å²) < 4.78 is 34.4. The first kappa shape index (κ1) is 23.4. The molecule has 2 atom stereocenters. The number of carbonyl (C=O) groups excluding carboxylic acids is 1. The lowest BCUT2D eigenvalue weighted by molar-refractivity contribution is -0.128.